The number of carbonyl (C=O) groups excluding carboxylic acids is 1. The number of hydrogen-bond donors (Lipinski definition) is 3. The Morgan fingerprint density at radius 3 is 2.78 bits per heavy atom. The molecule has 98 valence electrons. The van der Waals surface area contributed by atoms with Gasteiger partial charge < -0.3 is 20.9 Å². The van der Waals surface area contributed by atoms with E-state index in [4.69, 9.17) is 15.6 Å². The van der Waals surface area contributed by atoms with E-state index in [0.29, 0.717) is 18.5 Å². The number of nitrogen functional groups attached to an aromatic ring is 1. The van der Waals surface area contributed by atoms with Gasteiger partial charge in [-0.25, -0.2) is 4.79 Å². The standard InChI is InChI=1S/C12H16N2O4/c1-14-11(15)3-2-6-18-10-5-4-8(13)7-9(10)12(16)17/h4-5,7H,2-3,6,13H2,1H3,(H,14,15)(H,16,17). The van der Waals surface area contributed by atoms with Crippen LogP contribution in [0.2, 0.25) is 0 Å². The Balaban J connectivity index is 2.56. The van der Waals surface area contributed by atoms with Crippen molar-refractivity contribution in [3.05, 3.63) is 23.8 Å². The highest BCUT2D eigenvalue weighted by Gasteiger charge is 2.11. The highest BCUT2D eigenvalue weighted by atomic mass is 16.5. The minimum atomic E-state index is -1.09. The second-order valence-corrected chi connectivity index (χ2v) is 3.69. The molecule has 1 aromatic rings. The van der Waals surface area contributed by atoms with E-state index in [-0.39, 0.29) is 23.8 Å². The highest BCUT2D eigenvalue weighted by Crippen LogP contribution is 2.21. The Hall–Kier alpha value is -2.24. The minimum Gasteiger partial charge on any atom is -0.493 e. The topological polar surface area (TPSA) is 102 Å². The van der Waals surface area contributed by atoms with E-state index in [9.17, 15) is 9.59 Å². The number of ether oxygens (including phenoxy) is 1. The molecule has 6 nitrogen and oxygen atoms in total. The summed E-state index contributed by atoms with van der Waals surface area (Å²) in [7, 11) is 1.56. The average molecular weight is 252 g/mol. The number of nitrogens with two attached hydrogens (primary N) is 1. The lowest BCUT2D eigenvalue weighted by Gasteiger charge is -2.09. The van der Waals surface area contributed by atoms with Gasteiger partial charge in [-0.3, -0.25) is 4.79 Å². The van der Waals surface area contributed by atoms with Crippen LogP contribution in [0.15, 0.2) is 18.2 Å². The Morgan fingerprint density at radius 1 is 1.44 bits per heavy atom. The zero-order valence-corrected chi connectivity index (χ0v) is 10.1. The number of carbonyl (C=O) groups is 2. The van der Waals surface area contributed by atoms with Crippen LogP contribution in [0.1, 0.15) is 23.2 Å². The molecule has 0 heterocycles. The Bertz CT molecular complexity index is 446. The SMILES string of the molecule is CNC(=O)CCCOc1ccc(N)cc1C(=O)O. The zero-order valence-electron chi connectivity index (χ0n) is 10.1. The molecule has 0 fully saturated rings. The quantitative estimate of drug-likeness (QED) is 0.515. The molecule has 6 heteroatoms. The second kappa shape index (κ2) is 6.48. The summed E-state index contributed by atoms with van der Waals surface area (Å²) < 4.78 is 5.33. The van der Waals surface area contributed by atoms with Crippen LogP contribution in [0.25, 0.3) is 0 Å². The van der Waals surface area contributed by atoms with Gasteiger partial charge in [-0.1, -0.05) is 0 Å². The van der Waals surface area contributed by atoms with Gasteiger partial charge >= 0.3 is 5.97 Å². The van der Waals surface area contributed by atoms with Crippen molar-refractivity contribution in [1.29, 1.82) is 0 Å². The summed E-state index contributed by atoms with van der Waals surface area (Å²) >= 11 is 0. The molecule has 0 saturated carbocycles. The van der Waals surface area contributed by atoms with Gasteiger partial charge in [0.15, 0.2) is 0 Å². The van der Waals surface area contributed by atoms with Gasteiger partial charge in [0.25, 0.3) is 0 Å². The summed E-state index contributed by atoms with van der Waals surface area (Å²) in [5.74, 6) is -0.911. The van der Waals surface area contributed by atoms with Crippen molar-refractivity contribution < 1.29 is 19.4 Å². The molecule has 0 bridgehead atoms. The zero-order chi connectivity index (χ0) is 13.5. The fourth-order valence-electron chi connectivity index (χ4n) is 1.38. The minimum absolute atomic E-state index is 0.0231. The number of amides is 1. The molecule has 0 atom stereocenters. The maximum absolute atomic E-state index is 11.0. The first kappa shape index (κ1) is 13.8. The lowest BCUT2D eigenvalue weighted by atomic mass is 10.2. The van der Waals surface area contributed by atoms with E-state index in [1.165, 1.54) is 12.1 Å². The van der Waals surface area contributed by atoms with Crippen LogP contribution in [-0.4, -0.2) is 30.6 Å². The van der Waals surface area contributed by atoms with Crippen LogP contribution in [0.3, 0.4) is 0 Å². The van der Waals surface area contributed by atoms with E-state index in [1.807, 2.05) is 0 Å². The summed E-state index contributed by atoms with van der Waals surface area (Å²) in [5.41, 5.74) is 5.89. The number of carboxylic acids is 1. The van der Waals surface area contributed by atoms with Crippen molar-refractivity contribution in [2.24, 2.45) is 0 Å². The lowest BCUT2D eigenvalue weighted by Crippen LogP contribution is -2.18. The maximum Gasteiger partial charge on any atom is 0.339 e. The molecule has 0 aliphatic heterocycles. The number of nitrogens with one attached hydrogen (secondary N) is 1. The molecule has 0 aromatic heterocycles. The van der Waals surface area contributed by atoms with E-state index < -0.39 is 5.97 Å². The van der Waals surface area contributed by atoms with Gasteiger partial charge in [0.1, 0.15) is 11.3 Å². The lowest BCUT2D eigenvalue weighted by molar-refractivity contribution is -0.120. The number of rotatable bonds is 6. The fourth-order valence-corrected chi connectivity index (χ4v) is 1.38. The first-order valence-corrected chi connectivity index (χ1v) is 5.50. The number of aromatic carboxylic acids is 1. The van der Waals surface area contributed by atoms with E-state index in [0.717, 1.165) is 0 Å². The first-order valence-electron chi connectivity index (χ1n) is 5.50. The van der Waals surface area contributed by atoms with Crippen molar-refractivity contribution >= 4 is 17.6 Å². The third-order valence-corrected chi connectivity index (χ3v) is 2.32. The van der Waals surface area contributed by atoms with E-state index in [2.05, 4.69) is 5.32 Å². The molecule has 0 unspecified atom stereocenters. The first-order chi connectivity index (χ1) is 8.54. The summed E-state index contributed by atoms with van der Waals surface area (Å²) in [6.45, 7) is 0.275. The van der Waals surface area contributed by atoms with E-state index in [1.54, 1.807) is 13.1 Å². The summed E-state index contributed by atoms with van der Waals surface area (Å²) in [6.07, 6.45) is 0.858. The van der Waals surface area contributed by atoms with Crippen molar-refractivity contribution in [3.8, 4) is 5.75 Å². The molecule has 1 aromatic carbocycles. The Kier molecular flexibility index (Phi) is 4.98. The average Bonchev–Trinajstić information content (AvgIpc) is 2.35. The molecule has 0 aliphatic rings. The number of hydrogen-bond acceptors (Lipinski definition) is 4. The van der Waals surface area contributed by atoms with Gasteiger partial charge in [0.05, 0.1) is 6.61 Å². The molecule has 4 N–H and O–H groups in total. The van der Waals surface area contributed by atoms with Crippen molar-refractivity contribution in [3.63, 3.8) is 0 Å². The maximum atomic E-state index is 11.0. The van der Waals surface area contributed by atoms with E-state index >= 15 is 0 Å². The smallest absolute Gasteiger partial charge is 0.339 e. The van der Waals surface area contributed by atoms with Crippen LogP contribution >= 0.6 is 0 Å². The summed E-state index contributed by atoms with van der Waals surface area (Å²) in [4.78, 5) is 21.9. The molecule has 0 saturated heterocycles. The Labute approximate surface area is 105 Å². The largest absolute Gasteiger partial charge is 0.493 e. The molecule has 0 aliphatic carbocycles. The van der Waals surface area contributed by atoms with Crippen LogP contribution in [-0.2, 0) is 4.79 Å². The monoisotopic (exact) mass is 252 g/mol. The summed E-state index contributed by atoms with van der Waals surface area (Å²) in [5, 5.41) is 11.5. The number of carboxylic acid groups (broad SMARTS) is 1. The van der Waals surface area contributed by atoms with Crippen LogP contribution in [0.4, 0.5) is 5.69 Å². The highest BCUT2D eigenvalue weighted by molar-refractivity contribution is 5.92. The molecule has 18 heavy (non-hydrogen) atoms. The fraction of sp³-hybridized carbons (Fsp3) is 0.333. The predicted octanol–water partition coefficient (Wildman–Crippen LogP) is 0.872. The molecule has 0 radical (unpaired) electrons. The normalized spacial score (nSPS) is 9.83. The molecular weight excluding hydrogens is 236 g/mol. The van der Waals surface area contributed by atoms with Gasteiger partial charge in [0.2, 0.25) is 5.91 Å². The van der Waals surface area contributed by atoms with Crippen molar-refractivity contribution in [1.82, 2.24) is 5.32 Å². The Morgan fingerprint density at radius 2 is 2.17 bits per heavy atom. The van der Waals surface area contributed by atoms with Crippen molar-refractivity contribution in [2.45, 2.75) is 12.8 Å². The number of benzene rings is 1. The van der Waals surface area contributed by atoms with Crippen molar-refractivity contribution in [2.75, 3.05) is 19.4 Å². The molecule has 1 rings (SSSR count). The van der Waals surface area contributed by atoms with Crippen LogP contribution < -0.4 is 15.8 Å². The van der Waals surface area contributed by atoms with Crippen LogP contribution in [0.5, 0.6) is 5.75 Å². The van der Waals surface area contributed by atoms with Crippen LogP contribution in [0, 0.1) is 0 Å². The van der Waals surface area contributed by atoms with Gasteiger partial charge in [-0.05, 0) is 24.6 Å². The third-order valence-electron chi connectivity index (χ3n) is 2.32. The van der Waals surface area contributed by atoms with Gasteiger partial charge in [-0.2, -0.15) is 0 Å². The second-order valence-electron chi connectivity index (χ2n) is 3.69. The van der Waals surface area contributed by atoms with Gasteiger partial charge in [-0.15, -0.1) is 0 Å². The molecule has 0 spiro atoms. The predicted molar refractivity (Wildman–Crippen MR) is 66.6 cm³/mol. The molecular formula is C12H16N2O4. The number of anilines is 1. The van der Waals surface area contributed by atoms with Gasteiger partial charge in [0, 0.05) is 19.2 Å². The third kappa shape index (κ3) is 3.97. The summed E-state index contributed by atoms with van der Waals surface area (Å²) in [6, 6.07) is 4.43. The molecule has 1 amide bonds.